The van der Waals surface area contributed by atoms with Crippen molar-refractivity contribution in [1.82, 2.24) is 9.55 Å². The summed E-state index contributed by atoms with van der Waals surface area (Å²) in [7, 11) is 0. The van der Waals surface area contributed by atoms with Gasteiger partial charge < -0.3 is 9.67 Å². The fourth-order valence-electron chi connectivity index (χ4n) is 2.44. The zero-order chi connectivity index (χ0) is 15.8. The molecule has 0 bridgehead atoms. The third-order valence-corrected chi connectivity index (χ3v) is 4.46. The second kappa shape index (κ2) is 5.72. The number of carbonyl (C=O) groups is 1. The molecule has 1 atom stereocenters. The average molecular weight is 306 g/mol. The zero-order valence-electron chi connectivity index (χ0n) is 13.2. The first kappa shape index (κ1) is 15.9. The number of hydrogen-bond donors (Lipinski definition) is 1. The van der Waals surface area contributed by atoms with Crippen LogP contribution in [0.2, 0.25) is 0 Å². The number of carboxylic acid groups (broad SMARTS) is 1. The maximum atomic E-state index is 11.5. The highest BCUT2D eigenvalue weighted by Gasteiger charge is 2.26. The summed E-state index contributed by atoms with van der Waals surface area (Å²) in [6.45, 7) is 9.22. The molecule has 1 aromatic heterocycles. The van der Waals surface area contributed by atoms with Crippen molar-refractivity contribution in [2.45, 2.75) is 44.9 Å². The Labute approximate surface area is 129 Å². The van der Waals surface area contributed by atoms with Gasteiger partial charge in [0, 0.05) is 17.2 Å². The first-order valence-corrected chi connectivity index (χ1v) is 8.30. The predicted octanol–water partition coefficient (Wildman–Crippen LogP) is 3.78. The van der Waals surface area contributed by atoms with Gasteiger partial charge in [-0.3, -0.25) is 0 Å². The summed E-state index contributed by atoms with van der Waals surface area (Å²) in [5, 5.41) is 9.86. The summed E-state index contributed by atoms with van der Waals surface area (Å²) in [4.78, 5) is 16.2. The third kappa shape index (κ3) is 3.07. The molecule has 0 amide bonds. The molecule has 1 aromatic carbocycles. The van der Waals surface area contributed by atoms with Crippen molar-refractivity contribution in [1.29, 1.82) is 0 Å². The highest BCUT2D eigenvalue weighted by molar-refractivity contribution is 7.99. The van der Waals surface area contributed by atoms with E-state index >= 15 is 0 Å². The summed E-state index contributed by atoms with van der Waals surface area (Å²) >= 11 is 1.77. The summed E-state index contributed by atoms with van der Waals surface area (Å²) in [5.74, 6) is 0.0334. The Kier molecular flexibility index (Phi) is 4.33. The number of imidazole rings is 1. The maximum Gasteiger partial charge on any atom is 0.337 e. The van der Waals surface area contributed by atoms with E-state index < -0.39 is 5.97 Å². The minimum absolute atomic E-state index is 0.132. The van der Waals surface area contributed by atoms with Gasteiger partial charge in [0.15, 0.2) is 0 Å². The van der Waals surface area contributed by atoms with Crippen LogP contribution >= 0.6 is 11.8 Å². The van der Waals surface area contributed by atoms with E-state index in [1.165, 1.54) is 0 Å². The Bertz CT molecular complexity index is 671. The average Bonchev–Trinajstić information content (AvgIpc) is 2.77. The van der Waals surface area contributed by atoms with Crippen LogP contribution in [-0.4, -0.2) is 32.1 Å². The lowest BCUT2D eigenvalue weighted by atomic mass is 9.95. The van der Waals surface area contributed by atoms with Crippen LogP contribution in [0.3, 0.4) is 0 Å². The molecule has 21 heavy (non-hydrogen) atoms. The molecule has 114 valence electrons. The van der Waals surface area contributed by atoms with Gasteiger partial charge in [-0.15, -0.1) is 0 Å². The Morgan fingerprint density at radius 2 is 2.10 bits per heavy atom. The van der Waals surface area contributed by atoms with Gasteiger partial charge in [-0.1, -0.05) is 33.8 Å². The number of thioether (sulfide) groups is 1. The van der Waals surface area contributed by atoms with Crippen molar-refractivity contribution in [2.75, 3.05) is 6.26 Å². The Morgan fingerprint density at radius 1 is 1.43 bits per heavy atom. The van der Waals surface area contributed by atoms with Gasteiger partial charge in [0.1, 0.15) is 5.82 Å². The highest BCUT2D eigenvalue weighted by Crippen LogP contribution is 2.29. The smallest absolute Gasteiger partial charge is 0.337 e. The predicted molar refractivity (Wildman–Crippen MR) is 88.4 cm³/mol. The van der Waals surface area contributed by atoms with Crippen LogP contribution < -0.4 is 0 Å². The molecule has 2 rings (SSSR count). The number of para-hydroxylation sites is 1. The van der Waals surface area contributed by atoms with E-state index in [0.29, 0.717) is 10.8 Å². The summed E-state index contributed by atoms with van der Waals surface area (Å²) < 4.78 is 2.08. The SMILES string of the molecule is CSC(C)Cn1c(C(C)(C)C)nc2cccc(C(=O)O)c21. The number of hydrogen-bond acceptors (Lipinski definition) is 3. The monoisotopic (exact) mass is 306 g/mol. The molecule has 0 aliphatic heterocycles. The van der Waals surface area contributed by atoms with Gasteiger partial charge in [-0.05, 0) is 18.4 Å². The fourth-order valence-corrected chi connectivity index (χ4v) is 2.74. The van der Waals surface area contributed by atoms with Crippen LogP contribution in [-0.2, 0) is 12.0 Å². The van der Waals surface area contributed by atoms with Gasteiger partial charge >= 0.3 is 5.97 Å². The topological polar surface area (TPSA) is 55.1 Å². The highest BCUT2D eigenvalue weighted by atomic mass is 32.2. The molecule has 0 aliphatic carbocycles. The van der Waals surface area contributed by atoms with Crippen LogP contribution in [0.5, 0.6) is 0 Å². The molecule has 1 N–H and O–H groups in total. The molecule has 0 aliphatic rings. The molecule has 0 saturated heterocycles. The molecule has 4 nitrogen and oxygen atoms in total. The fraction of sp³-hybridized carbons (Fsp3) is 0.500. The second-order valence-corrected chi connectivity index (χ2v) is 7.60. The summed E-state index contributed by atoms with van der Waals surface area (Å²) in [5.41, 5.74) is 1.68. The van der Waals surface area contributed by atoms with Crippen LogP contribution in [0.4, 0.5) is 0 Å². The lowest BCUT2D eigenvalue weighted by Gasteiger charge is -2.22. The minimum Gasteiger partial charge on any atom is -0.478 e. The van der Waals surface area contributed by atoms with Crippen molar-refractivity contribution in [3.8, 4) is 0 Å². The first-order chi connectivity index (χ1) is 9.75. The van der Waals surface area contributed by atoms with E-state index in [-0.39, 0.29) is 5.41 Å². The van der Waals surface area contributed by atoms with E-state index in [2.05, 4.69) is 38.5 Å². The van der Waals surface area contributed by atoms with E-state index in [4.69, 9.17) is 4.98 Å². The normalized spacial score (nSPS) is 13.6. The Hall–Kier alpha value is -1.49. The van der Waals surface area contributed by atoms with Crippen LogP contribution in [0, 0.1) is 0 Å². The zero-order valence-corrected chi connectivity index (χ0v) is 14.0. The molecule has 0 radical (unpaired) electrons. The summed E-state index contributed by atoms with van der Waals surface area (Å²) in [6.07, 6.45) is 2.07. The van der Waals surface area contributed by atoms with Gasteiger partial charge in [0.05, 0.1) is 16.6 Å². The molecule has 0 fully saturated rings. The van der Waals surface area contributed by atoms with Crippen LogP contribution in [0.1, 0.15) is 43.9 Å². The largest absolute Gasteiger partial charge is 0.478 e. The van der Waals surface area contributed by atoms with Crippen molar-refractivity contribution < 1.29 is 9.90 Å². The van der Waals surface area contributed by atoms with E-state index in [9.17, 15) is 9.90 Å². The first-order valence-electron chi connectivity index (χ1n) is 7.01. The molecular formula is C16H22N2O2S. The van der Waals surface area contributed by atoms with E-state index in [0.717, 1.165) is 23.4 Å². The number of carboxylic acids is 1. The lowest BCUT2D eigenvalue weighted by Crippen LogP contribution is -2.22. The maximum absolute atomic E-state index is 11.5. The number of benzene rings is 1. The number of aromatic nitrogens is 2. The molecule has 0 spiro atoms. The van der Waals surface area contributed by atoms with Crippen molar-refractivity contribution in [2.24, 2.45) is 0 Å². The molecule has 0 saturated carbocycles. The Morgan fingerprint density at radius 3 is 2.62 bits per heavy atom. The van der Waals surface area contributed by atoms with Gasteiger partial charge in [0.25, 0.3) is 0 Å². The molecule has 1 heterocycles. The third-order valence-electron chi connectivity index (χ3n) is 3.51. The summed E-state index contributed by atoms with van der Waals surface area (Å²) in [6, 6.07) is 5.30. The van der Waals surface area contributed by atoms with Crippen molar-refractivity contribution in [3.63, 3.8) is 0 Å². The molecule has 5 heteroatoms. The quantitative estimate of drug-likeness (QED) is 0.934. The molecule has 2 aromatic rings. The minimum atomic E-state index is -0.904. The number of aromatic carboxylic acids is 1. The number of rotatable bonds is 4. The number of nitrogens with zero attached hydrogens (tertiary/aromatic N) is 2. The van der Waals surface area contributed by atoms with Crippen LogP contribution in [0.25, 0.3) is 11.0 Å². The van der Waals surface area contributed by atoms with Gasteiger partial charge in [-0.2, -0.15) is 11.8 Å². The van der Waals surface area contributed by atoms with Crippen molar-refractivity contribution >= 4 is 28.8 Å². The standard InChI is InChI=1S/C16H22N2O2S/c1-10(21-5)9-18-13-11(14(19)20)7-6-8-12(13)17-15(18)16(2,3)4/h6-8,10H,9H2,1-5H3,(H,19,20). The second-order valence-electron chi connectivity index (χ2n) is 6.32. The Balaban J connectivity index is 2.77. The lowest BCUT2D eigenvalue weighted by molar-refractivity contribution is 0.0698. The van der Waals surface area contributed by atoms with E-state index in [1.807, 2.05) is 6.07 Å². The van der Waals surface area contributed by atoms with Crippen LogP contribution in [0.15, 0.2) is 18.2 Å². The van der Waals surface area contributed by atoms with Gasteiger partial charge in [0.2, 0.25) is 0 Å². The molecule has 1 unspecified atom stereocenters. The van der Waals surface area contributed by atoms with E-state index in [1.54, 1.807) is 23.9 Å². The molecular weight excluding hydrogens is 284 g/mol. The van der Waals surface area contributed by atoms with Gasteiger partial charge in [-0.25, -0.2) is 9.78 Å². The van der Waals surface area contributed by atoms with Crippen molar-refractivity contribution in [3.05, 3.63) is 29.6 Å². The number of fused-ring (bicyclic) bond motifs is 1.